The normalized spacial score (nSPS) is 35.7. The molecule has 2 atom stereocenters. The van der Waals surface area contributed by atoms with Crippen molar-refractivity contribution in [1.29, 1.82) is 0 Å². The topological polar surface area (TPSA) is 26.3 Å². The molecule has 0 radical (unpaired) electrons. The summed E-state index contributed by atoms with van der Waals surface area (Å²) in [5.41, 5.74) is 0. The van der Waals surface area contributed by atoms with Gasteiger partial charge in [0.15, 0.2) is 6.17 Å². The van der Waals surface area contributed by atoms with Crippen LogP contribution in [0.5, 0.6) is 0 Å². The number of hydrogen-bond acceptors (Lipinski definition) is 2. The van der Waals surface area contributed by atoms with Gasteiger partial charge in [-0.15, -0.1) is 0 Å². The number of carbonyl (C=O) groups is 1. The molecular formula is C17H24F2O2. The lowest BCUT2D eigenvalue weighted by molar-refractivity contribution is -0.186. The van der Waals surface area contributed by atoms with E-state index < -0.39 is 18.0 Å². The van der Waals surface area contributed by atoms with Crippen molar-refractivity contribution in [3.63, 3.8) is 0 Å². The lowest BCUT2D eigenvalue weighted by atomic mass is 9.80. The molecule has 2 aliphatic rings. The molecule has 2 aliphatic carbocycles. The van der Waals surface area contributed by atoms with Crippen LogP contribution in [0.4, 0.5) is 8.78 Å². The van der Waals surface area contributed by atoms with Crippen molar-refractivity contribution in [1.82, 2.24) is 0 Å². The molecule has 0 N–H and O–H groups in total. The van der Waals surface area contributed by atoms with Gasteiger partial charge < -0.3 is 4.74 Å². The summed E-state index contributed by atoms with van der Waals surface area (Å²) in [5.74, 6) is -2.86. The standard InChI is InChI=1S/C17H24F2O2/c1-2-3-6-13-8-10-14(11-9-13)16(20)21-17(19)12-5-4-7-15(17)18/h4-5,7,12-15H,2-3,6,8-11H2,1H3. The van der Waals surface area contributed by atoms with Crippen molar-refractivity contribution >= 4 is 5.97 Å². The minimum atomic E-state index is -2.63. The van der Waals surface area contributed by atoms with E-state index in [4.69, 9.17) is 4.74 Å². The van der Waals surface area contributed by atoms with Crippen LogP contribution in [0.25, 0.3) is 0 Å². The van der Waals surface area contributed by atoms with E-state index in [1.165, 1.54) is 31.4 Å². The second kappa shape index (κ2) is 7.19. The lowest BCUT2D eigenvalue weighted by Crippen LogP contribution is -2.40. The van der Waals surface area contributed by atoms with E-state index in [9.17, 15) is 13.6 Å². The zero-order valence-electron chi connectivity index (χ0n) is 12.6. The molecule has 0 amide bonds. The van der Waals surface area contributed by atoms with Crippen molar-refractivity contribution < 1.29 is 18.3 Å². The zero-order chi connectivity index (χ0) is 15.3. The summed E-state index contributed by atoms with van der Waals surface area (Å²) in [6, 6.07) is 0. The quantitative estimate of drug-likeness (QED) is 0.690. The summed E-state index contributed by atoms with van der Waals surface area (Å²) in [6.45, 7) is 2.17. The molecule has 0 aliphatic heterocycles. The molecular weight excluding hydrogens is 274 g/mol. The third-order valence-electron chi connectivity index (χ3n) is 4.49. The molecule has 1 saturated carbocycles. The number of allylic oxidation sites excluding steroid dienone is 2. The Bertz CT molecular complexity index is 411. The Morgan fingerprint density at radius 3 is 2.62 bits per heavy atom. The highest BCUT2D eigenvalue weighted by molar-refractivity contribution is 5.73. The Balaban J connectivity index is 1.82. The Kier molecular flexibility index (Phi) is 5.54. The predicted molar refractivity (Wildman–Crippen MR) is 78.1 cm³/mol. The Morgan fingerprint density at radius 1 is 1.29 bits per heavy atom. The summed E-state index contributed by atoms with van der Waals surface area (Å²) in [5, 5.41) is 0. The minimum absolute atomic E-state index is 0.290. The first-order valence-corrected chi connectivity index (χ1v) is 7.97. The molecule has 2 rings (SSSR count). The summed E-state index contributed by atoms with van der Waals surface area (Å²) < 4.78 is 32.7. The van der Waals surface area contributed by atoms with Crippen molar-refractivity contribution in [3.05, 3.63) is 24.3 Å². The second-order valence-electron chi connectivity index (χ2n) is 6.12. The maximum Gasteiger partial charge on any atom is 0.312 e. The number of unbranched alkanes of at least 4 members (excludes halogenated alkanes) is 1. The van der Waals surface area contributed by atoms with Gasteiger partial charge in [-0.1, -0.05) is 38.3 Å². The molecule has 2 unspecified atom stereocenters. The van der Waals surface area contributed by atoms with Crippen LogP contribution in [0, 0.1) is 11.8 Å². The Hall–Kier alpha value is -1.19. The highest BCUT2D eigenvalue weighted by Crippen LogP contribution is 2.35. The van der Waals surface area contributed by atoms with Crippen LogP contribution < -0.4 is 0 Å². The van der Waals surface area contributed by atoms with Crippen molar-refractivity contribution in [2.45, 2.75) is 63.9 Å². The molecule has 0 saturated heterocycles. The fraction of sp³-hybridized carbons (Fsp3) is 0.706. The van der Waals surface area contributed by atoms with Gasteiger partial charge in [0.05, 0.1) is 5.92 Å². The Labute approximate surface area is 125 Å². The highest BCUT2D eigenvalue weighted by Gasteiger charge is 2.42. The molecule has 0 spiro atoms. The first kappa shape index (κ1) is 16.2. The molecule has 1 fully saturated rings. The van der Waals surface area contributed by atoms with Gasteiger partial charge >= 0.3 is 11.8 Å². The molecule has 0 heterocycles. The molecule has 0 aromatic rings. The van der Waals surface area contributed by atoms with Gasteiger partial charge in [0.1, 0.15) is 0 Å². The zero-order valence-corrected chi connectivity index (χ0v) is 12.6. The van der Waals surface area contributed by atoms with Gasteiger partial charge in [0, 0.05) is 0 Å². The van der Waals surface area contributed by atoms with Crippen LogP contribution in [0.3, 0.4) is 0 Å². The number of rotatable bonds is 5. The fourth-order valence-corrected chi connectivity index (χ4v) is 3.08. The van der Waals surface area contributed by atoms with E-state index in [1.807, 2.05) is 0 Å². The van der Waals surface area contributed by atoms with Crippen LogP contribution in [-0.4, -0.2) is 18.0 Å². The van der Waals surface area contributed by atoms with Crippen LogP contribution in [-0.2, 0) is 9.53 Å². The predicted octanol–water partition coefficient (Wildman–Crippen LogP) is 4.66. The smallest absolute Gasteiger partial charge is 0.312 e. The van der Waals surface area contributed by atoms with Crippen LogP contribution >= 0.6 is 0 Å². The molecule has 0 aromatic heterocycles. The average Bonchev–Trinajstić information content (AvgIpc) is 2.49. The number of alkyl halides is 2. The monoisotopic (exact) mass is 298 g/mol. The number of hydrogen-bond donors (Lipinski definition) is 0. The highest BCUT2D eigenvalue weighted by atomic mass is 19.2. The lowest BCUT2D eigenvalue weighted by Gasteiger charge is -2.31. The number of ether oxygens (including phenoxy) is 1. The number of carbonyl (C=O) groups excluding carboxylic acids is 1. The van der Waals surface area contributed by atoms with E-state index in [1.54, 1.807) is 0 Å². The average molecular weight is 298 g/mol. The third kappa shape index (κ3) is 4.14. The summed E-state index contributed by atoms with van der Waals surface area (Å²) in [4.78, 5) is 12.1. The summed E-state index contributed by atoms with van der Waals surface area (Å²) >= 11 is 0. The molecule has 0 bridgehead atoms. The van der Waals surface area contributed by atoms with Crippen molar-refractivity contribution in [3.8, 4) is 0 Å². The van der Waals surface area contributed by atoms with E-state index >= 15 is 0 Å². The number of esters is 1. The first-order valence-electron chi connectivity index (χ1n) is 7.97. The largest absolute Gasteiger partial charge is 0.421 e. The van der Waals surface area contributed by atoms with Crippen molar-refractivity contribution in [2.24, 2.45) is 11.8 Å². The molecule has 21 heavy (non-hydrogen) atoms. The van der Waals surface area contributed by atoms with Crippen LogP contribution in [0.1, 0.15) is 51.9 Å². The minimum Gasteiger partial charge on any atom is -0.421 e. The first-order chi connectivity index (χ1) is 10.0. The molecule has 2 nitrogen and oxygen atoms in total. The van der Waals surface area contributed by atoms with Gasteiger partial charge in [-0.3, -0.25) is 4.79 Å². The molecule has 118 valence electrons. The number of halogens is 2. The SMILES string of the molecule is CCCCC1CCC(C(=O)OC2(F)C=CC=CC2F)CC1. The van der Waals surface area contributed by atoms with E-state index in [0.717, 1.165) is 37.8 Å². The van der Waals surface area contributed by atoms with Gasteiger partial charge in [-0.2, -0.15) is 4.39 Å². The van der Waals surface area contributed by atoms with Gasteiger partial charge in [-0.05, 0) is 43.8 Å². The fourth-order valence-electron chi connectivity index (χ4n) is 3.08. The van der Waals surface area contributed by atoms with Crippen LogP contribution in [0.2, 0.25) is 0 Å². The molecule has 0 aromatic carbocycles. The maximum atomic E-state index is 14.3. The maximum absolute atomic E-state index is 14.3. The van der Waals surface area contributed by atoms with Gasteiger partial charge in [-0.25, -0.2) is 4.39 Å². The summed E-state index contributed by atoms with van der Waals surface area (Å²) in [7, 11) is 0. The molecule has 4 heteroatoms. The third-order valence-corrected chi connectivity index (χ3v) is 4.49. The van der Waals surface area contributed by atoms with Gasteiger partial charge in [0.2, 0.25) is 0 Å². The second-order valence-corrected chi connectivity index (χ2v) is 6.12. The van der Waals surface area contributed by atoms with E-state index in [-0.39, 0.29) is 5.92 Å². The van der Waals surface area contributed by atoms with Gasteiger partial charge in [0.25, 0.3) is 0 Å². The van der Waals surface area contributed by atoms with Crippen LogP contribution in [0.15, 0.2) is 24.3 Å². The van der Waals surface area contributed by atoms with E-state index in [0.29, 0.717) is 5.92 Å². The summed E-state index contributed by atoms with van der Waals surface area (Å²) in [6.07, 6.45) is 9.90. The van der Waals surface area contributed by atoms with Crippen molar-refractivity contribution in [2.75, 3.05) is 0 Å². The van der Waals surface area contributed by atoms with E-state index in [2.05, 4.69) is 6.92 Å². The Morgan fingerprint density at radius 2 is 2.00 bits per heavy atom.